The predicted octanol–water partition coefficient (Wildman–Crippen LogP) is 2.27. The Labute approximate surface area is 82.7 Å². The number of aldehydes is 1. The van der Waals surface area contributed by atoms with E-state index in [9.17, 15) is 9.18 Å². The Morgan fingerprint density at radius 2 is 2.21 bits per heavy atom. The molecule has 76 valence electrons. The molecule has 0 aliphatic carbocycles. The number of halogens is 1. The van der Waals surface area contributed by atoms with Crippen LogP contribution in [0.4, 0.5) is 4.39 Å². The molecule has 0 fully saturated rings. The molecular weight excluding hydrogens is 183 g/mol. The summed E-state index contributed by atoms with van der Waals surface area (Å²) in [6.45, 7) is 1.78. The average Bonchev–Trinajstić information content (AvgIpc) is 2.14. The molecule has 0 radical (unpaired) electrons. The topological polar surface area (TPSA) is 26.3 Å². The molecule has 0 unspecified atom stereocenters. The van der Waals surface area contributed by atoms with Gasteiger partial charge >= 0.3 is 0 Å². The molecule has 0 amide bonds. The van der Waals surface area contributed by atoms with Crippen LogP contribution >= 0.6 is 0 Å². The molecule has 1 aromatic carbocycles. The van der Waals surface area contributed by atoms with Gasteiger partial charge in [0, 0.05) is 6.42 Å². The number of hydrogen-bond donors (Lipinski definition) is 0. The summed E-state index contributed by atoms with van der Waals surface area (Å²) < 4.78 is 18.2. The van der Waals surface area contributed by atoms with E-state index in [-0.39, 0.29) is 11.6 Å². The van der Waals surface area contributed by atoms with Gasteiger partial charge in [-0.15, -0.1) is 0 Å². The zero-order valence-electron chi connectivity index (χ0n) is 8.34. The van der Waals surface area contributed by atoms with Crippen LogP contribution in [0.25, 0.3) is 0 Å². The molecule has 14 heavy (non-hydrogen) atoms. The van der Waals surface area contributed by atoms with Gasteiger partial charge in [-0.3, -0.25) is 0 Å². The Bertz CT molecular complexity index is 311. The maximum Gasteiger partial charge on any atom is 0.165 e. The summed E-state index contributed by atoms with van der Waals surface area (Å²) in [6, 6.07) is 3.25. The summed E-state index contributed by atoms with van der Waals surface area (Å²) in [6.07, 6.45) is 1.83. The third-order valence-electron chi connectivity index (χ3n) is 2.04. The number of carbonyl (C=O) groups excluding carboxylic acids is 1. The molecule has 0 N–H and O–H groups in total. The third-order valence-corrected chi connectivity index (χ3v) is 2.04. The Hall–Kier alpha value is -1.38. The Morgan fingerprint density at radius 1 is 1.50 bits per heavy atom. The van der Waals surface area contributed by atoms with Gasteiger partial charge in [0.05, 0.1) is 7.11 Å². The highest BCUT2D eigenvalue weighted by Gasteiger charge is 2.07. The first-order chi connectivity index (χ1) is 6.69. The van der Waals surface area contributed by atoms with Gasteiger partial charge in [-0.25, -0.2) is 4.39 Å². The summed E-state index contributed by atoms with van der Waals surface area (Å²) in [5.41, 5.74) is 1.58. The quantitative estimate of drug-likeness (QED) is 0.690. The van der Waals surface area contributed by atoms with Crippen LogP contribution in [0.5, 0.6) is 5.75 Å². The van der Waals surface area contributed by atoms with Crippen LogP contribution in [0.1, 0.15) is 17.5 Å². The fourth-order valence-corrected chi connectivity index (χ4v) is 1.43. The smallest absolute Gasteiger partial charge is 0.165 e. The third kappa shape index (κ3) is 2.31. The van der Waals surface area contributed by atoms with E-state index in [4.69, 9.17) is 4.74 Å². The number of rotatable bonds is 4. The molecule has 2 nitrogen and oxygen atoms in total. The van der Waals surface area contributed by atoms with Gasteiger partial charge in [0.2, 0.25) is 0 Å². The van der Waals surface area contributed by atoms with E-state index < -0.39 is 0 Å². The van der Waals surface area contributed by atoms with Crippen LogP contribution < -0.4 is 4.74 Å². The fraction of sp³-hybridized carbons (Fsp3) is 0.364. The molecular formula is C11H13FO2. The minimum absolute atomic E-state index is 0.278. The van der Waals surface area contributed by atoms with Crippen molar-refractivity contribution in [2.24, 2.45) is 0 Å². The van der Waals surface area contributed by atoms with Crippen molar-refractivity contribution in [2.75, 3.05) is 7.11 Å². The SMILES string of the molecule is COc1c(C)cc(CCC=O)cc1F. The van der Waals surface area contributed by atoms with E-state index in [1.807, 2.05) is 6.07 Å². The monoisotopic (exact) mass is 196 g/mol. The first kappa shape index (κ1) is 10.7. The van der Waals surface area contributed by atoms with Gasteiger partial charge in [0.1, 0.15) is 6.29 Å². The number of carbonyl (C=O) groups is 1. The van der Waals surface area contributed by atoms with Gasteiger partial charge in [-0.1, -0.05) is 6.07 Å². The van der Waals surface area contributed by atoms with Crippen LogP contribution in [0.15, 0.2) is 12.1 Å². The Balaban J connectivity index is 2.95. The predicted molar refractivity (Wildman–Crippen MR) is 52.1 cm³/mol. The maximum absolute atomic E-state index is 13.3. The van der Waals surface area contributed by atoms with Gasteiger partial charge in [0.25, 0.3) is 0 Å². The van der Waals surface area contributed by atoms with E-state index >= 15 is 0 Å². The molecule has 0 saturated heterocycles. The lowest BCUT2D eigenvalue weighted by atomic mass is 10.1. The van der Waals surface area contributed by atoms with E-state index in [0.717, 1.165) is 17.4 Å². The molecule has 0 aliphatic rings. The highest BCUT2D eigenvalue weighted by molar-refractivity contribution is 5.50. The normalized spacial score (nSPS) is 9.93. The molecule has 0 bridgehead atoms. The van der Waals surface area contributed by atoms with Crippen LogP contribution in [-0.2, 0) is 11.2 Å². The van der Waals surface area contributed by atoms with Crippen LogP contribution in [0.3, 0.4) is 0 Å². The maximum atomic E-state index is 13.3. The largest absolute Gasteiger partial charge is 0.493 e. The molecule has 3 heteroatoms. The highest BCUT2D eigenvalue weighted by Crippen LogP contribution is 2.23. The first-order valence-corrected chi connectivity index (χ1v) is 4.45. The highest BCUT2D eigenvalue weighted by atomic mass is 19.1. The summed E-state index contributed by atoms with van der Waals surface area (Å²) in [4.78, 5) is 10.2. The van der Waals surface area contributed by atoms with Crippen molar-refractivity contribution >= 4 is 6.29 Å². The summed E-state index contributed by atoms with van der Waals surface area (Å²) in [5, 5.41) is 0. The second kappa shape index (κ2) is 4.74. The van der Waals surface area contributed by atoms with Crippen molar-refractivity contribution in [2.45, 2.75) is 19.8 Å². The number of ether oxygens (including phenoxy) is 1. The van der Waals surface area contributed by atoms with Gasteiger partial charge < -0.3 is 9.53 Å². The zero-order valence-corrected chi connectivity index (χ0v) is 8.34. The molecule has 0 heterocycles. The van der Waals surface area contributed by atoms with Crippen molar-refractivity contribution in [3.8, 4) is 5.75 Å². The molecule has 1 aromatic rings. The van der Waals surface area contributed by atoms with E-state index in [1.165, 1.54) is 13.2 Å². The first-order valence-electron chi connectivity index (χ1n) is 4.45. The molecule has 0 saturated carbocycles. The second-order valence-electron chi connectivity index (χ2n) is 3.13. The van der Waals surface area contributed by atoms with E-state index in [2.05, 4.69) is 0 Å². The van der Waals surface area contributed by atoms with Gasteiger partial charge in [0.15, 0.2) is 11.6 Å². The summed E-state index contributed by atoms with van der Waals surface area (Å²) in [5.74, 6) is -0.0896. The summed E-state index contributed by atoms with van der Waals surface area (Å²) >= 11 is 0. The van der Waals surface area contributed by atoms with Gasteiger partial charge in [-0.2, -0.15) is 0 Å². The van der Waals surface area contributed by atoms with E-state index in [1.54, 1.807) is 6.92 Å². The van der Waals surface area contributed by atoms with Crippen LogP contribution in [0, 0.1) is 12.7 Å². The molecule has 0 atom stereocenters. The van der Waals surface area contributed by atoms with E-state index in [0.29, 0.717) is 12.8 Å². The molecule has 0 spiro atoms. The van der Waals surface area contributed by atoms with Crippen molar-refractivity contribution in [1.82, 2.24) is 0 Å². The van der Waals surface area contributed by atoms with Crippen molar-refractivity contribution in [1.29, 1.82) is 0 Å². The Kier molecular flexibility index (Phi) is 3.63. The van der Waals surface area contributed by atoms with Crippen molar-refractivity contribution in [3.05, 3.63) is 29.1 Å². The number of hydrogen-bond acceptors (Lipinski definition) is 2. The second-order valence-corrected chi connectivity index (χ2v) is 3.13. The number of benzene rings is 1. The Morgan fingerprint density at radius 3 is 2.71 bits per heavy atom. The lowest BCUT2D eigenvalue weighted by molar-refractivity contribution is -0.107. The fourth-order valence-electron chi connectivity index (χ4n) is 1.43. The molecule has 1 rings (SSSR count). The van der Waals surface area contributed by atoms with Crippen LogP contribution in [-0.4, -0.2) is 13.4 Å². The van der Waals surface area contributed by atoms with Crippen molar-refractivity contribution in [3.63, 3.8) is 0 Å². The molecule has 0 aliphatic heterocycles. The zero-order chi connectivity index (χ0) is 10.6. The number of methoxy groups -OCH3 is 1. The van der Waals surface area contributed by atoms with Crippen LogP contribution in [0.2, 0.25) is 0 Å². The van der Waals surface area contributed by atoms with Crippen molar-refractivity contribution < 1.29 is 13.9 Å². The standard InChI is InChI=1S/C11H13FO2/c1-8-6-9(4-3-5-13)7-10(12)11(8)14-2/h5-7H,3-4H2,1-2H3. The minimum Gasteiger partial charge on any atom is -0.493 e. The van der Waals surface area contributed by atoms with Gasteiger partial charge in [-0.05, 0) is 30.5 Å². The average molecular weight is 196 g/mol. The summed E-state index contributed by atoms with van der Waals surface area (Å²) in [7, 11) is 1.44. The minimum atomic E-state index is -0.367. The lowest BCUT2D eigenvalue weighted by Crippen LogP contribution is -1.95. The molecule has 0 aromatic heterocycles. The lowest BCUT2D eigenvalue weighted by Gasteiger charge is -2.07. The number of aryl methyl sites for hydroxylation is 2.